The molecular weight excluding hydrogens is 524 g/mol. The fourth-order valence-corrected chi connectivity index (χ4v) is 6.43. The van der Waals surface area contributed by atoms with Crippen molar-refractivity contribution >= 4 is 8.32 Å². The van der Waals surface area contributed by atoms with Gasteiger partial charge in [0.1, 0.15) is 12.5 Å². The number of hydrogen-bond donors (Lipinski definition) is 1. The average molecular weight is 581 g/mol. The quantitative estimate of drug-likeness (QED) is 0.0840. The van der Waals surface area contributed by atoms with E-state index < -0.39 is 8.32 Å². The standard InChI is InChI=1S/C32H56O7Si/c1-25(39-40(7,8)32(2,3)4)12-10-9-11-13-27-20-29(38-24-36-19-18-34-5)21-30(27)31(22-33)37-23-26-14-16-28(35-6)17-15-26/h11,13-17,25,27,29-31,33H,9-10,12,18-24H2,1-8H3/b13-11+/t25-,27+,29-,30+,31+/m0/s1. The van der Waals surface area contributed by atoms with E-state index in [1.54, 1.807) is 14.2 Å². The number of aliphatic hydroxyl groups excluding tert-OH is 1. The van der Waals surface area contributed by atoms with E-state index >= 15 is 0 Å². The maximum atomic E-state index is 10.3. The van der Waals surface area contributed by atoms with Crippen molar-refractivity contribution in [2.45, 2.75) is 103 Å². The molecule has 1 aliphatic carbocycles. The second-order valence-electron chi connectivity index (χ2n) is 12.5. The SMILES string of the molecule is COCCOCO[C@@H]1C[C@@H]([C@@H](CO)OCc2ccc(OC)cc2)[C@H](/C=C/CCC[C@H](C)O[Si](C)(C)C(C)(C)C)C1. The lowest BCUT2D eigenvalue weighted by Crippen LogP contribution is -2.43. The Balaban J connectivity index is 1.93. The summed E-state index contributed by atoms with van der Waals surface area (Å²) in [6, 6.07) is 7.86. The van der Waals surface area contributed by atoms with Gasteiger partial charge in [0.25, 0.3) is 0 Å². The number of benzene rings is 1. The van der Waals surface area contributed by atoms with Crippen LogP contribution >= 0.6 is 0 Å². The Hall–Kier alpha value is -1.26. The predicted octanol–water partition coefficient (Wildman–Crippen LogP) is 6.74. The van der Waals surface area contributed by atoms with Crippen molar-refractivity contribution in [2.75, 3.05) is 40.8 Å². The van der Waals surface area contributed by atoms with Gasteiger partial charge in [0.2, 0.25) is 0 Å². The van der Waals surface area contributed by atoms with E-state index in [0.29, 0.717) is 19.8 Å². The van der Waals surface area contributed by atoms with Gasteiger partial charge in [-0.05, 0) is 86.7 Å². The first kappa shape index (κ1) is 34.9. The smallest absolute Gasteiger partial charge is 0.192 e. The van der Waals surface area contributed by atoms with Gasteiger partial charge in [-0.3, -0.25) is 0 Å². The van der Waals surface area contributed by atoms with Crippen LogP contribution in [0.1, 0.15) is 65.4 Å². The molecule has 0 bridgehead atoms. The largest absolute Gasteiger partial charge is 0.497 e. The molecule has 5 atom stereocenters. The molecule has 2 rings (SSSR count). The zero-order valence-corrected chi connectivity index (χ0v) is 27.3. The van der Waals surface area contributed by atoms with Crippen LogP contribution in [0.15, 0.2) is 36.4 Å². The first-order valence-corrected chi connectivity index (χ1v) is 17.8. The van der Waals surface area contributed by atoms with Gasteiger partial charge in [0, 0.05) is 13.2 Å². The van der Waals surface area contributed by atoms with E-state index in [1.807, 2.05) is 24.3 Å². The Morgan fingerprint density at radius 2 is 1.80 bits per heavy atom. The summed E-state index contributed by atoms with van der Waals surface area (Å²) in [6.07, 6.45) is 9.57. The van der Waals surface area contributed by atoms with Crippen molar-refractivity contribution in [3.8, 4) is 5.75 Å². The van der Waals surface area contributed by atoms with Crippen LogP contribution in [-0.4, -0.2) is 72.6 Å². The molecule has 0 aromatic heterocycles. The highest BCUT2D eigenvalue weighted by molar-refractivity contribution is 6.74. The Kier molecular flexibility index (Phi) is 15.4. The van der Waals surface area contributed by atoms with Gasteiger partial charge in [-0.15, -0.1) is 0 Å². The summed E-state index contributed by atoms with van der Waals surface area (Å²) in [7, 11) is 1.58. The van der Waals surface area contributed by atoms with Gasteiger partial charge in [0.15, 0.2) is 8.32 Å². The van der Waals surface area contributed by atoms with Crippen LogP contribution in [0.2, 0.25) is 18.1 Å². The number of allylic oxidation sites excluding steroid dienone is 2. The zero-order chi connectivity index (χ0) is 29.6. The molecule has 1 fully saturated rings. The molecule has 8 heteroatoms. The Morgan fingerprint density at radius 3 is 2.42 bits per heavy atom. The zero-order valence-electron chi connectivity index (χ0n) is 26.3. The Bertz CT molecular complexity index is 837. The van der Waals surface area contributed by atoms with Gasteiger partial charge in [0.05, 0.1) is 45.7 Å². The summed E-state index contributed by atoms with van der Waals surface area (Å²) in [4.78, 5) is 0. The van der Waals surface area contributed by atoms with Crippen molar-refractivity contribution in [3.05, 3.63) is 42.0 Å². The fraction of sp³-hybridized carbons (Fsp3) is 0.750. The molecule has 0 spiro atoms. The van der Waals surface area contributed by atoms with Gasteiger partial charge in [-0.25, -0.2) is 0 Å². The first-order chi connectivity index (χ1) is 19.0. The lowest BCUT2D eigenvalue weighted by molar-refractivity contribution is -0.0992. The van der Waals surface area contributed by atoms with Crippen molar-refractivity contribution in [3.63, 3.8) is 0 Å². The van der Waals surface area contributed by atoms with E-state index in [1.165, 1.54) is 0 Å². The average Bonchev–Trinajstić information content (AvgIpc) is 3.30. The molecule has 230 valence electrons. The summed E-state index contributed by atoms with van der Waals surface area (Å²) in [5.41, 5.74) is 1.05. The van der Waals surface area contributed by atoms with Crippen molar-refractivity contribution < 1.29 is 33.2 Å². The fourth-order valence-electron chi connectivity index (χ4n) is 4.95. The maximum absolute atomic E-state index is 10.3. The van der Waals surface area contributed by atoms with Crippen LogP contribution in [-0.2, 0) is 30.0 Å². The van der Waals surface area contributed by atoms with Crippen LogP contribution in [0.3, 0.4) is 0 Å². The first-order valence-electron chi connectivity index (χ1n) is 14.9. The lowest BCUT2D eigenvalue weighted by Gasteiger charge is -2.38. The molecule has 40 heavy (non-hydrogen) atoms. The van der Waals surface area contributed by atoms with Gasteiger partial charge in [-0.2, -0.15) is 0 Å². The monoisotopic (exact) mass is 580 g/mol. The topological polar surface area (TPSA) is 75.6 Å². The van der Waals surface area contributed by atoms with E-state index in [0.717, 1.165) is 43.4 Å². The lowest BCUT2D eigenvalue weighted by atomic mass is 9.90. The molecule has 7 nitrogen and oxygen atoms in total. The van der Waals surface area contributed by atoms with Gasteiger partial charge >= 0.3 is 0 Å². The molecule has 0 aliphatic heterocycles. The molecular formula is C32H56O7Si. The van der Waals surface area contributed by atoms with Gasteiger partial charge < -0.3 is 33.2 Å². The number of hydrogen-bond acceptors (Lipinski definition) is 7. The predicted molar refractivity (Wildman–Crippen MR) is 163 cm³/mol. The molecule has 1 aromatic rings. The second-order valence-corrected chi connectivity index (χ2v) is 17.3. The van der Waals surface area contributed by atoms with E-state index in [-0.39, 0.29) is 48.6 Å². The van der Waals surface area contributed by atoms with Crippen LogP contribution in [0.4, 0.5) is 0 Å². The molecule has 0 unspecified atom stereocenters. The number of unbranched alkanes of at least 4 members (excludes halogenated alkanes) is 1. The molecule has 1 N–H and O–H groups in total. The second kappa shape index (κ2) is 17.6. The highest BCUT2D eigenvalue weighted by atomic mass is 28.4. The molecule has 1 aliphatic rings. The Labute approximate surface area is 244 Å². The molecule has 1 aromatic carbocycles. The van der Waals surface area contributed by atoms with Crippen molar-refractivity contribution in [1.82, 2.24) is 0 Å². The normalized spacial score (nSPS) is 21.7. The van der Waals surface area contributed by atoms with Crippen LogP contribution in [0.5, 0.6) is 5.75 Å². The molecule has 0 radical (unpaired) electrons. The van der Waals surface area contributed by atoms with Crippen LogP contribution < -0.4 is 4.74 Å². The summed E-state index contributed by atoms with van der Waals surface area (Å²) >= 11 is 0. The highest BCUT2D eigenvalue weighted by Gasteiger charge is 2.39. The van der Waals surface area contributed by atoms with Gasteiger partial charge in [-0.1, -0.05) is 45.1 Å². The molecule has 0 heterocycles. The van der Waals surface area contributed by atoms with E-state index in [4.69, 9.17) is 28.1 Å². The van der Waals surface area contributed by atoms with Crippen molar-refractivity contribution in [2.24, 2.45) is 11.8 Å². The molecule has 0 amide bonds. The summed E-state index contributed by atoms with van der Waals surface area (Å²) in [6.45, 7) is 15.4. The minimum atomic E-state index is -1.74. The number of methoxy groups -OCH3 is 2. The van der Waals surface area contributed by atoms with E-state index in [9.17, 15) is 5.11 Å². The van der Waals surface area contributed by atoms with Crippen LogP contribution in [0.25, 0.3) is 0 Å². The number of aliphatic hydroxyl groups is 1. The summed E-state index contributed by atoms with van der Waals surface area (Å²) in [5.74, 6) is 1.26. The van der Waals surface area contributed by atoms with Crippen LogP contribution in [0, 0.1) is 11.8 Å². The van der Waals surface area contributed by atoms with E-state index in [2.05, 4.69) is 52.9 Å². The third-order valence-corrected chi connectivity index (χ3v) is 13.0. The summed E-state index contributed by atoms with van der Waals surface area (Å²) in [5, 5.41) is 10.5. The molecule has 0 saturated heterocycles. The number of rotatable bonds is 19. The third-order valence-electron chi connectivity index (χ3n) is 8.39. The third kappa shape index (κ3) is 11.9. The highest BCUT2D eigenvalue weighted by Crippen LogP contribution is 2.39. The van der Waals surface area contributed by atoms with Crippen molar-refractivity contribution in [1.29, 1.82) is 0 Å². The minimum absolute atomic E-state index is 0.0233. The Morgan fingerprint density at radius 1 is 1.07 bits per heavy atom. The minimum Gasteiger partial charge on any atom is -0.497 e. The summed E-state index contributed by atoms with van der Waals surface area (Å²) < 4.78 is 34.7. The number of ether oxygens (including phenoxy) is 5. The maximum Gasteiger partial charge on any atom is 0.192 e. The molecule has 1 saturated carbocycles.